The lowest BCUT2D eigenvalue weighted by molar-refractivity contribution is 1.52. The molecule has 0 radical (unpaired) electrons. The molecule has 0 fully saturated rings. The molecule has 2 rings (SSSR count). The molecule has 3 heteroatoms. The number of allylic oxidation sites excluding steroid dienone is 1. The number of rotatable bonds is 2. The Morgan fingerprint density at radius 3 is 2.39 bits per heavy atom. The van der Waals surface area contributed by atoms with Crippen molar-refractivity contribution in [1.29, 1.82) is 5.26 Å². The van der Waals surface area contributed by atoms with Crippen LogP contribution < -0.4 is 0 Å². The maximum atomic E-state index is 9.23. The highest BCUT2D eigenvalue weighted by Gasteiger charge is 2.05. The standard InChI is InChI=1S/C15H9BrClN/c16-13-7-5-11(6-8-13)9-12(10-18)14-3-1-2-4-15(14)17/h1-9H. The van der Waals surface area contributed by atoms with Crippen molar-refractivity contribution in [2.75, 3.05) is 0 Å². The van der Waals surface area contributed by atoms with Crippen molar-refractivity contribution in [3.63, 3.8) is 0 Å². The normalized spacial score (nSPS) is 11.1. The van der Waals surface area contributed by atoms with Crippen molar-refractivity contribution in [2.45, 2.75) is 0 Å². The monoisotopic (exact) mass is 317 g/mol. The fourth-order valence-electron chi connectivity index (χ4n) is 1.58. The van der Waals surface area contributed by atoms with Gasteiger partial charge in [0, 0.05) is 15.1 Å². The van der Waals surface area contributed by atoms with Gasteiger partial charge in [-0.2, -0.15) is 5.26 Å². The second kappa shape index (κ2) is 5.86. The van der Waals surface area contributed by atoms with Gasteiger partial charge in [0.1, 0.15) is 0 Å². The zero-order valence-electron chi connectivity index (χ0n) is 9.40. The zero-order valence-corrected chi connectivity index (χ0v) is 11.7. The van der Waals surface area contributed by atoms with Crippen LogP contribution in [0.15, 0.2) is 53.0 Å². The lowest BCUT2D eigenvalue weighted by atomic mass is 10.0. The van der Waals surface area contributed by atoms with Gasteiger partial charge < -0.3 is 0 Å². The topological polar surface area (TPSA) is 23.8 Å². The van der Waals surface area contributed by atoms with Crippen LogP contribution in [0.3, 0.4) is 0 Å². The Kier molecular flexibility index (Phi) is 4.19. The van der Waals surface area contributed by atoms with E-state index in [9.17, 15) is 5.26 Å². The summed E-state index contributed by atoms with van der Waals surface area (Å²) in [7, 11) is 0. The number of hydrogen-bond acceptors (Lipinski definition) is 1. The third-order valence-electron chi connectivity index (χ3n) is 2.47. The summed E-state index contributed by atoms with van der Waals surface area (Å²) in [6.45, 7) is 0. The van der Waals surface area contributed by atoms with Crippen molar-refractivity contribution >= 4 is 39.2 Å². The Bertz CT molecular complexity index is 624. The van der Waals surface area contributed by atoms with Crippen molar-refractivity contribution < 1.29 is 0 Å². The van der Waals surface area contributed by atoms with Crippen molar-refractivity contribution in [3.05, 3.63) is 69.2 Å². The third kappa shape index (κ3) is 3.01. The largest absolute Gasteiger partial charge is 0.192 e. The van der Waals surface area contributed by atoms with E-state index in [4.69, 9.17) is 11.6 Å². The van der Waals surface area contributed by atoms with Crippen molar-refractivity contribution in [2.24, 2.45) is 0 Å². The Hall–Kier alpha value is -1.56. The average molecular weight is 319 g/mol. The van der Waals surface area contributed by atoms with E-state index in [1.165, 1.54) is 0 Å². The average Bonchev–Trinajstić information content (AvgIpc) is 2.39. The van der Waals surface area contributed by atoms with Crippen LogP contribution in [-0.4, -0.2) is 0 Å². The molecule has 0 amide bonds. The molecule has 0 aliphatic carbocycles. The highest BCUT2D eigenvalue weighted by molar-refractivity contribution is 9.10. The summed E-state index contributed by atoms with van der Waals surface area (Å²) in [5.41, 5.74) is 2.28. The van der Waals surface area contributed by atoms with E-state index in [1.54, 1.807) is 6.07 Å². The van der Waals surface area contributed by atoms with E-state index < -0.39 is 0 Å². The molecule has 0 aliphatic heterocycles. The number of nitriles is 1. The Labute approximate surface area is 119 Å². The lowest BCUT2D eigenvalue weighted by Crippen LogP contribution is -1.83. The first-order chi connectivity index (χ1) is 8.70. The Morgan fingerprint density at radius 2 is 1.78 bits per heavy atom. The Balaban J connectivity index is 2.44. The molecule has 0 heterocycles. The predicted octanol–water partition coefficient (Wildman–Crippen LogP) is 5.17. The van der Waals surface area contributed by atoms with Gasteiger partial charge in [-0.05, 0) is 29.8 Å². The van der Waals surface area contributed by atoms with Gasteiger partial charge in [-0.25, -0.2) is 0 Å². The Morgan fingerprint density at radius 1 is 1.11 bits per heavy atom. The maximum absolute atomic E-state index is 9.23. The highest BCUT2D eigenvalue weighted by Crippen LogP contribution is 2.25. The number of hydrogen-bond donors (Lipinski definition) is 0. The fraction of sp³-hybridized carbons (Fsp3) is 0. The molecule has 0 N–H and O–H groups in total. The zero-order chi connectivity index (χ0) is 13.0. The van der Waals surface area contributed by atoms with Crippen LogP contribution in [-0.2, 0) is 0 Å². The predicted molar refractivity (Wildman–Crippen MR) is 79.1 cm³/mol. The molecule has 2 aromatic rings. The van der Waals surface area contributed by atoms with Gasteiger partial charge in [-0.1, -0.05) is 57.9 Å². The van der Waals surface area contributed by atoms with Crippen molar-refractivity contribution in [3.8, 4) is 6.07 Å². The minimum absolute atomic E-state index is 0.558. The fourth-order valence-corrected chi connectivity index (χ4v) is 2.08. The first-order valence-corrected chi connectivity index (χ1v) is 6.50. The summed E-state index contributed by atoms with van der Waals surface area (Å²) >= 11 is 9.47. The summed E-state index contributed by atoms with van der Waals surface area (Å²) in [5, 5.41) is 9.82. The molecule has 88 valence electrons. The highest BCUT2D eigenvalue weighted by atomic mass is 79.9. The second-order valence-corrected chi connectivity index (χ2v) is 5.02. The summed E-state index contributed by atoms with van der Waals surface area (Å²) in [5.74, 6) is 0. The summed E-state index contributed by atoms with van der Waals surface area (Å²) in [4.78, 5) is 0. The van der Waals surface area contributed by atoms with Crippen LogP contribution in [0.2, 0.25) is 5.02 Å². The quantitative estimate of drug-likeness (QED) is 0.554. The molecule has 0 saturated heterocycles. The molecule has 0 aromatic heterocycles. The summed E-state index contributed by atoms with van der Waals surface area (Å²) in [6, 6.07) is 17.3. The smallest absolute Gasteiger partial charge is 0.0998 e. The molecule has 0 saturated carbocycles. The van der Waals surface area contributed by atoms with Gasteiger partial charge in [-0.15, -0.1) is 0 Å². The van der Waals surface area contributed by atoms with Crippen LogP contribution in [0.1, 0.15) is 11.1 Å². The van der Waals surface area contributed by atoms with E-state index in [0.717, 1.165) is 15.6 Å². The van der Waals surface area contributed by atoms with Gasteiger partial charge >= 0.3 is 0 Å². The van der Waals surface area contributed by atoms with Gasteiger partial charge in [0.15, 0.2) is 0 Å². The number of halogens is 2. The molecular formula is C15H9BrClN. The van der Waals surface area contributed by atoms with E-state index in [2.05, 4.69) is 22.0 Å². The molecule has 18 heavy (non-hydrogen) atoms. The minimum Gasteiger partial charge on any atom is -0.192 e. The summed E-state index contributed by atoms with van der Waals surface area (Å²) in [6.07, 6.45) is 1.83. The first kappa shape index (κ1) is 12.9. The van der Waals surface area contributed by atoms with Crippen LogP contribution in [0.4, 0.5) is 0 Å². The molecule has 0 bridgehead atoms. The third-order valence-corrected chi connectivity index (χ3v) is 3.32. The van der Waals surface area contributed by atoms with Crippen LogP contribution in [0.5, 0.6) is 0 Å². The van der Waals surface area contributed by atoms with E-state index >= 15 is 0 Å². The molecule has 0 spiro atoms. The van der Waals surface area contributed by atoms with E-state index in [1.807, 2.05) is 48.5 Å². The van der Waals surface area contributed by atoms with Gasteiger partial charge in [0.05, 0.1) is 11.6 Å². The molecule has 0 unspecified atom stereocenters. The second-order valence-electron chi connectivity index (χ2n) is 3.70. The first-order valence-electron chi connectivity index (χ1n) is 5.33. The number of benzene rings is 2. The van der Waals surface area contributed by atoms with Crippen LogP contribution in [0, 0.1) is 11.3 Å². The summed E-state index contributed by atoms with van der Waals surface area (Å²) < 4.78 is 1.01. The van der Waals surface area contributed by atoms with Crippen molar-refractivity contribution in [1.82, 2.24) is 0 Å². The number of nitrogens with zero attached hydrogens (tertiary/aromatic N) is 1. The lowest BCUT2D eigenvalue weighted by Gasteiger charge is -2.02. The minimum atomic E-state index is 0.558. The van der Waals surface area contributed by atoms with E-state index in [-0.39, 0.29) is 0 Å². The molecule has 2 aromatic carbocycles. The van der Waals surface area contributed by atoms with E-state index in [0.29, 0.717) is 10.6 Å². The SMILES string of the molecule is N#CC(=Cc1ccc(Br)cc1)c1ccccc1Cl. The molecule has 1 nitrogen and oxygen atoms in total. The van der Waals surface area contributed by atoms with Gasteiger partial charge in [0.25, 0.3) is 0 Å². The molecule has 0 aliphatic rings. The van der Waals surface area contributed by atoms with Gasteiger partial charge in [0.2, 0.25) is 0 Å². The van der Waals surface area contributed by atoms with Crippen LogP contribution >= 0.6 is 27.5 Å². The maximum Gasteiger partial charge on any atom is 0.0998 e. The molecular weight excluding hydrogens is 310 g/mol. The van der Waals surface area contributed by atoms with Crippen LogP contribution in [0.25, 0.3) is 11.6 Å². The van der Waals surface area contributed by atoms with Gasteiger partial charge in [-0.3, -0.25) is 0 Å². The molecule has 0 atom stereocenters.